The van der Waals surface area contributed by atoms with E-state index in [0.29, 0.717) is 5.92 Å². The van der Waals surface area contributed by atoms with Gasteiger partial charge in [-0.1, -0.05) is 30.3 Å². The van der Waals surface area contributed by atoms with Crippen LogP contribution in [0, 0.1) is 6.92 Å². The smallest absolute Gasteiger partial charge is 0.193 e. The van der Waals surface area contributed by atoms with Crippen molar-refractivity contribution < 1.29 is 0 Å². The van der Waals surface area contributed by atoms with Crippen LogP contribution in [0.2, 0.25) is 0 Å². The van der Waals surface area contributed by atoms with Crippen LogP contribution in [-0.4, -0.2) is 42.0 Å². The fraction of sp³-hybridized carbons (Fsp3) is 0.474. The van der Waals surface area contributed by atoms with Gasteiger partial charge in [-0.05, 0) is 25.8 Å². The summed E-state index contributed by atoms with van der Waals surface area (Å²) in [6, 6.07) is 10.8. The molecule has 1 atom stereocenters. The standard InChI is InChI=1S/C19H26N4S.HI/c1-3-20-19(21-11-9-18-14-24-15(2)22-18)23-12-10-17(13-23)16-7-5-4-6-8-16;/h4-8,14,17H,3,9-13H2,1-2H3,(H,20,21);1H. The molecule has 0 amide bonds. The quantitative estimate of drug-likeness (QED) is 0.407. The van der Waals surface area contributed by atoms with Crippen molar-refractivity contribution in [2.45, 2.75) is 32.6 Å². The summed E-state index contributed by atoms with van der Waals surface area (Å²) in [6.07, 6.45) is 2.11. The first-order chi connectivity index (χ1) is 11.8. The second kappa shape index (κ2) is 10.1. The van der Waals surface area contributed by atoms with Gasteiger partial charge in [0, 0.05) is 43.9 Å². The molecule has 0 aliphatic carbocycles. The normalized spacial score (nSPS) is 17.4. The molecule has 2 heterocycles. The van der Waals surface area contributed by atoms with Crippen molar-refractivity contribution >= 4 is 41.3 Å². The van der Waals surface area contributed by atoms with Gasteiger partial charge >= 0.3 is 0 Å². The van der Waals surface area contributed by atoms with Crippen LogP contribution in [-0.2, 0) is 6.42 Å². The van der Waals surface area contributed by atoms with Gasteiger partial charge in [-0.25, -0.2) is 4.98 Å². The number of aliphatic imine (C=N–C) groups is 1. The zero-order valence-corrected chi connectivity index (χ0v) is 18.1. The molecule has 1 aromatic carbocycles. The molecular weight excluding hydrogens is 443 g/mol. The van der Waals surface area contributed by atoms with E-state index < -0.39 is 0 Å². The van der Waals surface area contributed by atoms with Crippen LogP contribution >= 0.6 is 35.3 Å². The number of nitrogens with one attached hydrogen (secondary N) is 1. The van der Waals surface area contributed by atoms with E-state index in [9.17, 15) is 0 Å². The number of hydrogen-bond acceptors (Lipinski definition) is 3. The lowest BCUT2D eigenvalue weighted by Gasteiger charge is -2.21. The van der Waals surface area contributed by atoms with Crippen molar-refractivity contribution in [1.82, 2.24) is 15.2 Å². The molecule has 1 aliphatic rings. The third-order valence-corrected chi connectivity index (χ3v) is 5.21. The topological polar surface area (TPSA) is 40.5 Å². The summed E-state index contributed by atoms with van der Waals surface area (Å²) >= 11 is 1.71. The van der Waals surface area contributed by atoms with Gasteiger partial charge in [0.1, 0.15) is 0 Å². The molecular formula is C19H27IN4S. The van der Waals surface area contributed by atoms with Crippen molar-refractivity contribution in [2.24, 2.45) is 4.99 Å². The van der Waals surface area contributed by atoms with Crippen molar-refractivity contribution in [2.75, 3.05) is 26.2 Å². The van der Waals surface area contributed by atoms with E-state index in [-0.39, 0.29) is 24.0 Å². The van der Waals surface area contributed by atoms with Gasteiger partial charge in [0.2, 0.25) is 0 Å². The van der Waals surface area contributed by atoms with Gasteiger partial charge in [0.05, 0.1) is 10.7 Å². The van der Waals surface area contributed by atoms with Crippen LogP contribution in [0.1, 0.15) is 35.5 Å². The molecule has 2 aromatic rings. The van der Waals surface area contributed by atoms with Gasteiger partial charge < -0.3 is 10.2 Å². The third kappa shape index (κ3) is 5.67. The maximum absolute atomic E-state index is 4.82. The summed E-state index contributed by atoms with van der Waals surface area (Å²) in [5.41, 5.74) is 2.59. The van der Waals surface area contributed by atoms with Crippen LogP contribution in [0.5, 0.6) is 0 Å². The van der Waals surface area contributed by atoms with E-state index in [2.05, 4.69) is 64.8 Å². The van der Waals surface area contributed by atoms with Crippen molar-refractivity contribution in [1.29, 1.82) is 0 Å². The van der Waals surface area contributed by atoms with E-state index in [0.717, 1.165) is 49.3 Å². The predicted molar refractivity (Wildman–Crippen MR) is 117 cm³/mol. The number of guanidine groups is 1. The number of aryl methyl sites for hydroxylation is 1. The SMILES string of the molecule is CCNC(=NCCc1csc(C)n1)N1CCC(c2ccccc2)C1.I. The second-order valence-electron chi connectivity index (χ2n) is 6.19. The summed E-state index contributed by atoms with van der Waals surface area (Å²) in [6.45, 7) is 7.99. The Labute approximate surface area is 171 Å². The first-order valence-electron chi connectivity index (χ1n) is 8.75. The molecule has 1 aromatic heterocycles. The third-order valence-electron chi connectivity index (χ3n) is 4.39. The number of nitrogens with zero attached hydrogens (tertiary/aromatic N) is 3. The Morgan fingerprint density at radius 3 is 2.84 bits per heavy atom. The molecule has 3 rings (SSSR count). The Morgan fingerprint density at radius 1 is 1.36 bits per heavy atom. The van der Waals surface area contributed by atoms with Gasteiger partial charge in [-0.2, -0.15) is 0 Å². The van der Waals surface area contributed by atoms with Crippen LogP contribution in [0.4, 0.5) is 0 Å². The summed E-state index contributed by atoms with van der Waals surface area (Å²) in [7, 11) is 0. The highest BCUT2D eigenvalue weighted by molar-refractivity contribution is 14.0. The number of halogens is 1. The Hall–Kier alpha value is -1.15. The minimum absolute atomic E-state index is 0. The predicted octanol–water partition coefficient (Wildman–Crippen LogP) is 4.07. The number of benzene rings is 1. The number of hydrogen-bond donors (Lipinski definition) is 1. The Balaban J connectivity index is 0.00000225. The highest BCUT2D eigenvalue weighted by Crippen LogP contribution is 2.26. The van der Waals surface area contributed by atoms with Crippen LogP contribution in [0.25, 0.3) is 0 Å². The fourth-order valence-corrected chi connectivity index (χ4v) is 3.82. The lowest BCUT2D eigenvalue weighted by atomic mass is 9.99. The highest BCUT2D eigenvalue weighted by atomic mass is 127. The summed E-state index contributed by atoms with van der Waals surface area (Å²) in [5.74, 6) is 1.65. The first kappa shape index (κ1) is 20.2. The molecule has 1 N–H and O–H groups in total. The van der Waals surface area contributed by atoms with Gasteiger partial charge in [0.25, 0.3) is 0 Å². The molecule has 0 bridgehead atoms. The number of likely N-dealkylation sites (tertiary alicyclic amines) is 1. The summed E-state index contributed by atoms with van der Waals surface area (Å²) in [5, 5.41) is 6.71. The lowest BCUT2D eigenvalue weighted by molar-refractivity contribution is 0.486. The Morgan fingerprint density at radius 2 is 2.16 bits per heavy atom. The fourth-order valence-electron chi connectivity index (χ4n) is 3.18. The Bertz CT molecular complexity index is 671. The molecule has 136 valence electrons. The number of thiazole rings is 1. The van der Waals surface area contributed by atoms with Crippen molar-refractivity contribution in [3.05, 3.63) is 52.0 Å². The minimum Gasteiger partial charge on any atom is -0.357 e. The van der Waals surface area contributed by atoms with Gasteiger partial charge in [-0.3, -0.25) is 4.99 Å². The average molecular weight is 470 g/mol. The van der Waals surface area contributed by atoms with E-state index in [4.69, 9.17) is 4.99 Å². The largest absolute Gasteiger partial charge is 0.357 e. The van der Waals surface area contributed by atoms with Gasteiger partial charge in [-0.15, -0.1) is 35.3 Å². The molecule has 0 radical (unpaired) electrons. The summed E-state index contributed by atoms with van der Waals surface area (Å²) in [4.78, 5) is 11.7. The maximum Gasteiger partial charge on any atom is 0.193 e. The molecule has 25 heavy (non-hydrogen) atoms. The van der Waals surface area contributed by atoms with E-state index in [1.54, 1.807) is 11.3 Å². The maximum atomic E-state index is 4.82. The molecule has 1 saturated heterocycles. The highest BCUT2D eigenvalue weighted by Gasteiger charge is 2.25. The van der Waals surface area contributed by atoms with Crippen LogP contribution in [0.3, 0.4) is 0 Å². The van der Waals surface area contributed by atoms with Crippen molar-refractivity contribution in [3.8, 4) is 0 Å². The second-order valence-corrected chi connectivity index (χ2v) is 7.25. The summed E-state index contributed by atoms with van der Waals surface area (Å²) < 4.78 is 0. The zero-order valence-electron chi connectivity index (χ0n) is 14.9. The van der Waals surface area contributed by atoms with Gasteiger partial charge in [0.15, 0.2) is 5.96 Å². The number of rotatable bonds is 5. The van der Waals surface area contributed by atoms with Crippen LogP contribution < -0.4 is 5.32 Å². The van der Waals surface area contributed by atoms with E-state index >= 15 is 0 Å². The minimum atomic E-state index is 0. The average Bonchev–Trinajstić information content (AvgIpc) is 3.24. The molecule has 1 fully saturated rings. The van der Waals surface area contributed by atoms with Crippen LogP contribution in [0.15, 0.2) is 40.7 Å². The number of aromatic nitrogens is 1. The van der Waals surface area contributed by atoms with Crippen molar-refractivity contribution in [3.63, 3.8) is 0 Å². The van der Waals surface area contributed by atoms with E-state index in [1.807, 2.05) is 0 Å². The molecule has 0 saturated carbocycles. The monoisotopic (exact) mass is 470 g/mol. The molecule has 0 spiro atoms. The first-order valence-corrected chi connectivity index (χ1v) is 9.63. The zero-order chi connectivity index (χ0) is 16.8. The lowest BCUT2D eigenvalue weighted by Crippen LogP contribution is -2.40. The molecule has 1 aliphatic heterocycles. The molecule has 1 unspecified atom stereocenters. The molecule has 4 nitrogen and oxygen atoms in total. The van der Waals surface area contributed by atoms with E-state index in [1.165, 1.54) is 12.0 Å². The Kier molecular flexibility index (Phi) is 8.15. The molecule has 6 heteroatoms.